The molecule has 0 heterocycles. The first-order chi connectivity index (χ1) is 6.20. The lowest BCUT2D eigenvalue weighted by atomic mass is 10.3. The maximum absolute atomic E-state index is 8.79. The van der Waals surface area contributed by atoms with E-state index in [0.717, 1.165) is 30.4 Å². The fourth-order valence-corrected chi connectivity index (χ4v) is 1.92. The van der Waals surface area contributed by atoms with Crippen molar-refractivity contribution in [3.05, 3.63) is 0 Å². The van der Waals surface area contributed by atoms with E-state index in [0.29, 0.717) is 0 Å². The van der Waals surface area contributed by atoms with E-state index in [1.165, 1.54) is 0 Å². The molecular weight excluding hydrogens is 180 g/mol. The molecule has 76 valence electrons. The number of hydrogen-bond donors (Lipinski definition) is 1. The molecule has 0 aromatic heterocycles. The van der Waals surface area contributed by atoms with Crippen LogP contribution in [0.4, 0.5) is 0 Å². The van der Waals surface area contributed by atoms with Gasteiger partial charge in [0.15, 0.2) is 0 Å². The summed E-state index contributed by atoms with van der Waals surface area (Å²) in [5.41, 5.74) is 0. The van der Waals surface area contributed by atoms with Crippen molar-refractivity contribution < 1.29 is 0 Å². The predicted octanol–water partition coefficient (Wildman–Crippen LogP) is 2.27. The zero-order chi connectivity index (χ0) is 10.1. The molecule has 0 rings (SSSR count). The molecule has 0 radical (unpaired) electrons. The smallest absolute Gasteiger partial charge is 0.104 e. The lowest BCUT2D eigenvalue weighted by Gasteiger charge is -2.10. The lowest BCUT2D eigenvalue weighted by Crippen LogP contribution is -2.30. The van der Waals surface area contributed by atoms with Gasteiger partial charge < -0.3 is 5.32 Å². The van der Waals surface area contributed by atoms with Crippen LogP contribution in [-0.4, -0.2) is 24.1 Å². The summed E-state index contributed by atoms with van der Waals surface area (Å²) in [4.78, 5) is 0. The molecule has 0 aliphatic carbocycles. The molecule has 0 saturated heterocycles. The summed E-state index contributed by atoms with van der Waals surface area (Å²) in [6, 6.07) is 2.31. The van der Waals surface area contributed by atoms with Gasteiger partial charge in [-0.1, -0.05) is 20.8 Å². The minimum Gasteiger partial charge on any atom is -0.301 e. The summed E-state index contributed by atoms with van der Waals surface area (Å²) in [5.74, 6) is 2.77. The fraction of sp³-hybridized carbons (Fsp3) is 0.900. The molecule has 0 aliphatic heterocycles. The lowest BCUT2D eigenvalue weighted by molar-refractivity contribution is 0.636. The normalized spacial score (nSPS) is 12.8. The molecule has 0 amide bonds. The van der Waals surface area contributed by atoms with Gasteiger partial charge in [-0.25, -0.2) is 0 Å². The Balaban J connectivity index is 3.44. The Hall–Kier alpha value is -0.200. The Kier molecular flexibility index (Phi) is 8.27. The van der Waals surface area contributed by atoms with Crippen LogP contribution in [0.25, 0.3) is 0 Å². The van der Waals surface area contributed by atoms with E-state index in [-0.39, 0.29) is 6.04 Å². The molecule has 0 fully saturated rings. The standard InChI is InChI=1S/C10H20N2S/c1-4-5-12-10(6-11)8-13-7-9(2)3/h9-10,12H,4-5,7-8H2,1-3H3. The van der Waals surface area contributed by atoms with Gasteiger partial charge in [0.05, 0.1) is 6.07 Å². The van der Waals surface area contributed by atoms with Crippen LogP contribution in [0.3, 0.4) is 0 Å². The predicted molar refractivity (Wildman–Crippen MR) is 59.9 cm³/mol. The summed E-state index contributed by atoms with van der Waals surface area (Å²) < 4.78 is 0. The van der Waals surface area contributed by atoms with Gasteiger partial charge >= 0.3 is 0 Å². The monoisotopic (exact) mass is 200 g/mol. The van der Waals surface area contributed by atoms with Gasteiger partial charge in [0.2, 0.25) is 0 Å². The first-order valence-electron chi connectivity index (χ1n) is 4.91. The van der Waals surface area contributed by atoms with Gasteiger partial charge in [0.1, 0.15) is 6.04 Å². The molecule has 1 atom stereocenters. The second-order valence-electron chi connectivity index (χ2n) is 3.57. The van der Waals surface area contributed by atoms with Crippen molar-refractivity contribution in [2.24, 2.45) is 5.92 Å². The maximum atomic E-state index is 8.79. The van der Waals surface area contributed by atoms with Gasteiger partial charge in [-0.3, -0.25) is 0 Å². The van der Waals surface area contributed by atoms with Gasteiger partial charge in [-0.2, -0.15) is 17.0 Å². The van der Waals surface area contributed by atoms with Crippen LogP contribution in [-0.2, 0) is 0 Å². The van der Waals surface area contributed by atoms with Crippen molar-refractivity contribution in [2.75, 3.05) is 18.1 Å². The van der Waals surface area contributed by atoms with E-state index >= 15 is 0 Å². The average Bonchev–Trinajstić information content (AvgIpc) is 2.10. The van der Waals surface area contributed by atoms with E-state index in [2.05, 4.69) is 32.2 Å². The first-order valence-corrected chi connectivity index (χ1v) is 6.06. The van der Waals surface area contributed by atoms with Crippen molar-refractivity contribution in [1.82, 2.24) is 5.32 Å². The van der Waals surface area contributed by atoms with E-state index in [9.17, 15) is 0 Å². The summed E-state index contributed by atoms with van der Waals surface area (Å²) in [6.45, 7) is 7.46. The molecule has 1 unspecified atom stereocenters. The van der Waals surface area contributed by atoms with Crippen molar-refractivity contribution >= 4 is 11.8 Å². The Bertz CT molecular complexity index is 151. The minimum absolute atomic E-state index is 0.0312. The SMILES string of the molecule is CCCNC(C#N)CSCC(C)C. The van der Waals surface area contributed by atoms with Crippen LogP contribution in [0.1, 0.15) is 27.2 Å². The van der Waals surface area contributed by atoms with Crippen LogP contribution < -0.4 is 5.32 Å². The highest BCUT2D eigenvalue weighted by atomic mass is 32.2. The second-order valence-corrected chi connectivity index (χ2v) is 4.64. The van der Waals surface area contributed by atoms with Crippen LogP contribution in [0, 0.1) is 17.2 Å². The topological polar surface area (TPSA) is 35.8 Å². The first kappa shape index (κ1) is 12.8. The number of nitrogens with one attached hydrogen (secondary N) is 1. The molecule has 13 heavy (non-hydrogen) atoms. The number of thioether (sulfide) groups is 1. The Labute approximate surface area is 86.1 Å². The van der Waals surface area contributed by atoms with Crippen molar-refractivity contribution in [3.63, 3.8) is 0 Å². The van der Waals surface area contributed by atoms with Gasteiger partial charge in [-0.05, 0) is 24.6 Å². The molecular formula is C10H20N2S. The number of rotatable bonds is 7. The fourth-order valence-electron chi connectivity index (χ4n) is 0.882. The molecule has 0 bridgehead atoms. The van der Waals surface area contributed by atoms with Gasteiger partial charge in [-0.15, -0.1) is 0 Å². The largest absolute Gasteiger partial charge is 0.301 e. The summed E-state index contributed by atoms with van der Waals surface area (Å²) in [7, 11) is 0. The van der Waals surface area contributed by atoms with E-state index < -0.39 is 0 Å². The molecule has 0 aromatic rings. The Morgan fingerprint density at radius 1 is 1.38 bits per heavy atom. The minimum atomic E-state index is 0.0312. The highest BCUT2D eigenvalue weighted by Crippen LogP contribution is 2.08. The highest BCUT2D eigenvalue weighted by molar-refractivity contribution is 7.99. The summed E-state index contributed by atoms with van der Waals surface area (Å²) in [5, 5.41) is 12.0. The van der Waals surface area contributed by atoms with Crippen LogP contribution >= 0.6 is 11.8 Å². The van der Waals surface area contributed by atoms with Crippen molar-refractivity contribution in [2.45, 2.75) is 33.2 Å². The van der Waals surface area contributed by atoms with Crippen LogP contribution in [0.15, 0.2) is 0 Å². The van der Waals surface area contributed by atoms with Crippen molar-refractivity contribution in [3.8, 4) is 6.07 Å². The highest BCUT2D eigenvalue weighted by Gasteiger charge is 2.05. The third-order valence-corrected chi connectivity index (χ3v) is 3.00. The Morgan fingerprint density at radius 3 is 2.54 bits per heavy atom. The quantitative estimate of drug-likeness (QED) is 0.685. The van der Waals surface area contributed by atoms with Gasteiger partial charge in [0.25, 0.3) is 0 Å². The second kappa shape index (κ2) is 8.40. The van der Waals surface area contributed by atoms with E-state index in [4.69, 9.17) is 5.26 Å². The summed E-state index contributed by atoms with van der Waals surface area (Å²) >= 11 is 1.86. The molecule has 2 nitrogen and oxygen atoms in total. The van der Waals surface area contributed by atoms with Crippen LogP contribution in [0.2, 0.25) is 0 Å². The molecule has 0 saturated carbocycles. The zero-order valence-corrected chi connectivity index (χ0v) is 9.66. The molecule has 3 heteroatoms. The zero-order valence-electron chi connectivity index (χ0n) is 8.84. The third kappa shape index (κ3) is 8.14. The number of hydrogen-bond acceptors (Lipinski definition) is 3. The third-order valence-electron chi connectivity index (χ3n) is 1.53. The number of nitriles is 1. The molecule has 1 N–H and O–H groups in total. The summed E-state index contributed by atoms with van der Waals surface area (Å²) in [6.07, 6.45) is 1.09. The van der Waals surface area contributed by atoms with Crippen LogP contribution in [0.5, 0.6) is 0 Å². The maximum Gasteiger partial charge on any atom is 0.104 e. The van der Waals surface area contributed by atoms with Crippen molar-refractivity contribution in [1.29, 1.82) is 5.26 Å². The molecule has 0 spiro atoms. The Morgan fingerprint density at radius 2 is 2.08 bits per heavy atom. The average molecular weight is 200 g/mol. The molecule has 0 aliphatic rings. The van der Waals surface area contributed by atoms with E-state index in [1.807, 2.05) is 11.8 Å². The van der Waals surface area contributed by atoms with Gasteiger partial charge in [0, 0.05) is 5.75 Å². The number of nitrogens with zero attached hydrogens (tertiary/aromatic N) is 1. The molecule has 0 aromatic carbocycles. The van der Waals surface area contributed by atoms with E-state index in [1.54, 1.807) is 0 Å².